The van der Waals surface area contributed by atoms with Crippen molar-refractivity contribution >= 4 is 11.9 Å². The maximum Gasteiger partial charge on any atom is 0.334 e. The topological polar surface area (TPSA) is 93.1 Å². The summed E-state index contributed by atoms with van der Waals surface area (Å²) in [4.78, 5) is 24.8. The average Bonchev–Trinajstić information content (AvgIpc) is 3.62. The van der Waals surface area contributed by atoms with Crippen LogP contribution in [0, 0.1) is 63.1 Å². The molecule has 0 saturated heterocycles. The van der Waals surface area contributed by atoms with Gasteiger partial charge < -0.3 is 19.7 Å². The molecule has 0 aliphatic heterocycles. The molecule has 8 aliphatic rings. The highest BCUT2D eigenvalue weighted by Crippen LogP contribution is 2.67. The molecule has 8 aliphatic carbocycles. The van der Waals surface area contributed by atoms with Crippen molar-refractivity contribution < 1.29 is 29.3 Å². The molecule has 0 aromatic rings. The standard InChI is InChI=1S/C22H32O3.C21H32O3/c1-4-25-20(24)19-8-7-17-16-6-5-14-13-15(23)9-11-21(14,2)18(16)10-12-22(17,19)3;1-20-10-8-14(22)12-13(20)4-5-15-16-6-7-18(19(23)24-3)21(16,2)11-9-17(15)20/h5,8,15-18,23H,4,6-7,9-13H2,1-3H3;4,14-18,22H,5-12H2,1-3H3/t15-,16-,17-,18-,21-,22-;14-,15-,16-,17-,18+,20-,21-/m00/s1. The van der Waals surface area contributed by atoms with Crippen molar-refractivity contribution in [2.45, 2.75) is 143 Å². The van der Waals surface area contributed by atoms with Gasteiger partial charge in [0.2, 0.25) is 0 Å². The highest BCUT2D eigenvalue weighted by atomic mass is 16.5. The fourth-order valence-electron chi connectivity index (χ4n) is 13.9. The number of carbonyl (C=O) groups excluding carboxylic acids is 2. The number of carbonyl (C=O) groups is 2. The van der Waals surface area contributed by atoms with Gasteiger partial charge in [0.15, 0.2) is 0 Å². The van der Waals surface area contributed by atoms with Gasteiger partial charge in [-0.1, -0.05) is 57.1 Å². The number of aliphatic hydroxyl groups is 2. The first-order chi connectivity index (χ1) is 23.3. The Morgan fingerprint density at radius 1 is 0.694 bits per heavy atom. The average molecular weight is 677 g/mol. The second-order valence-corrected chi connectivity index (χ2v) is 18.5. The fraction of sp³-hybridized carbons (Fsp3) is 0.814. The summed E-state index contributed by atoms with van der Waals surface area (Å²) in [5.74, 6) is 4.04. The Labute approximate surface area is 295 Å². The molecule has 0 radical (unpaired) electrons. The zero-order valence-electron chi connectivity index (χ0n) is 31.3. The van der Waals surface area contributed by atoms with Gasteiger partial charge in [0, 0.05) is 11.0 Å². The molecular formula is C43H64O6. The van der Waals surface area contributed by atoms with Crippen LogP contribution in [0.2, 0.25) is 0 Å². The van der Waals surface area contributed by atoms with Crippen LogP contribution in [0.25, 0.3) is 0 Å². The van der Waals surface area contributed by atoms with Crippen LogP contribution in [-0.2, 0) is 19.1 Å². The van der Waals surface area contributed by atoms with E-state index >= 15 is 0 Å². The highest BCUT2D eigenvalue weighted by molar-refractivity contribution is 5.90. The lowest BCUT2D eigenvalue weighted by atomic mass is 9.47. The number of esters is 2. The Hall–Kier alpha value is -1.92. The van der Waals surface area contributed by atoms with Gasteiger partial charge in [-0.15, -0.1) is 0 Å². The number of hydrogen-bond donors (Lipinski definition) is 2. The van der Waals surface area contributed by atoms with E-state index < -0.39 is 0 Å². The fourth-order valence-corrected chi connectivity index (χ4v) is 13.9. The van der Waals surface area contributed by atoms with Crippen LogP contribution in [0.1, 0.15) is 131 Å². The first-order valence-electron chi connectivity index (χ1n) is 20.0. The molecule has 0 amide bonds. The Morgan fingerprint density at radius 3 is 1.82 bits per heavy atom. The lowest BCUT2D eigenvalue weighted by Crippen LogP contribution is -2.51. The second kappa shape index (κ2) is 12.9. The Kier molecular flexibility index (Phi) is 9.37. The number of fused-ring (bicyclic) bond motifs is 10. The minimum absolute atomic E-state index is 0.0106. The summed E-state index contributed by atoms with van der Waals surface area (Å²) in [7, 11) is 1.54. The number of rotatable bonds is 3. The summed E-state index contributed by atoms with van der Waals surface area (Å²) in [6.45, 7) is 11.9. The predicted octanol–water partition coefficient (Wildman–Crippen LogP) is 8.51. The molecule has 5 fully saturated rings. The summed E-state index contributed by atoms with van der Waals surface area (Å²) < 4.78 is 10.5. The summed E-state index contributed by atoms with van der Waals surface area (Å²) >= 11 is 0. The van der Waals surface area contributed by atoms with Crippen molar-refractivity contribution in [1.82, 2.24) is 0 Å². The predicted molar refractivity (Wildman–Crippen MR) is 191 cm³/mol. The van der Waals surface area contributed by atoms with E-state index in [0.717, 1.165) is 88.5 Å². The number of hydrogen-bond acceptors (Lipinski definition) is 6. The van der Waals surface area contributed by atoms with Gasteiger partial charge in [0.1, 0.15) is 0 Å². The van der Waals surface area contributed by atoms with E-state index in [9.17, 15) is 19.8 Å². The third kappa shape index (κ3) is 5.54. The van der Waals surface area contributed by atoms with E-state index in [4.69, 9.17) is 9.47 Å². The van der Waals surface area contributed by atoms with Crippen LogP contribution in [-0.4, -0.2) is 48.1 Å². The molecule has 272 valence electrons. The molecule has 8 rings (SSSR count). The van der Waals surface area contributed by atoms with Crippen molar-refractivity contribution in [3.63, 3.8) is 0 Å². The van der Waals surface area contributed by atoms with Crippen LogP contribution in [0.5, 0.6) is 0 Å². The highest BCUT2D eigenvalue weighted by Gasteiger charge is 2.61. The zero-order valence-corrected chi connectivity index (χ0v) is 31.3. The molecule has 6 heteroatoms. The molecule has 5 saturated carbocycles. The van der Waals surface area contributed by atoms with E-state index in [1.165, 1.54) is 37.5 Å². The Morgan fingerprint density at radius 2 is 1.24 bits per heavy atom. The lowest BCUT2D eigenvalue weighted by molar-refractivity contribution is -0.152. The summed E-state index contributed by atoms with van der Waals surface area (Å²) in [6, 6.07) is 0. The quantitative estimate of drug-likeness (QED) is 0.230. The van der Waals surface area contributed by atoms with Gasteiger partial charge in [0.25, 0.3) is 0 Å². The molecule has 0 aromatic carbocycles. The zero-order chi connectivity index (χ0) is 34.9. The Bertz CT molecular complexity index is 1410. The molecule has 0 unspecified atom stereocenters. The first-order valence-corrected chi connectivity index (χ1v) is 20.0. The van der Waals surface area contributed by atoms with Crippen molar-refractivity contribution in [2.75, 3.05) is 13.7 Å². The number of ether oxygens (including phenoxy) is 2. The van der Waals surface area contributed by atoms with E-state index in [1.807, 2.05) is 6.92 Å². The van der Waals surface area contributed by atoms with E-state index in [2.05, 4.69) is 45.9 Å². The Balaban J connectivity index is 0.000000154. The molecular weight excluding hydrogens is 612 g/mol. The molecule has 0 bridgehead atoms. The van der Waals surface area contributed by atoms with E-state index in [0.29, 0.717) is 36.2 Å². The third-order valence-corrected chi connectivity index (χ3v) is 16.7. The second-order valence-electron chi connectivity index (χ2n) is 18.5. The summed E-state index contributed by atoms with van der Waals surface area (Å²) in [5, 5.41) is 20.2. The third-order valence-electron chi connectivity index (χ3n) is 16.7. The van der Waals surface area contributed by atoms with Crippen LogP contribution in [0.4, 0.5) is 0 Å². The molecule has 13 atom stereocenters. The van der Waals surface area contributed by atoms with E-state index in [1.54, 1.807) is 0 Å². The molecule has 49 heavy (non-hydrogen) atoms. The molecule has 0 aromatic heterocycles. The maximum atomic E-state index is 12.5. The van der Waals surface area contributed by atoms with Crippen molar-refractivity contribution in [3.05, 3.63) is 34.9 Å². The van der Waals surface area contributed by atoms with Gasteiger partial charge in [-0.25, -0.2) is 4.79 Å². The van der Waals surface area contributed by atoms with Crippen LogP contribution < -0.4 is 0 Å². The molecule has 6 nitrogen and oxygen atoms in total. The normalized spacial score (nSPS) is 47.9. The number of allylic oxidation sites excluding steroid dienone is 3. The van der Waals surface area contributed by atoms with Gasteiger partial charge in [0.05, 0.1) is 31.8 Å². The largest absolute Gasteiger partial charge is 0.469 e. The van der Waals surface area contributed by atoms with Gasteiger partial charge in [-0.2, -0.15) is 0 Å². The summed E-state index contributed by atoms with van der Waals surface area (Å²) in [6.07, 6.45) is 22.8. The SMILES string of the molecule is CCOC(=O)C1=CC[C@H]2[C@@H]3CC=C4C[C@@H](O)CC[C@]4(C)[C@H]3CC[C@]12C.COC(=O)[C@H]1CC[C@H]2[C@@H]3CC=C4C[C@@H](O)CC[C@]4(C)[C@H]3CC[C@]12C. The van der Waals surface area contributed by atoms with Crippen LogP contribution in [0.3, 0.4) is 0 Å². The van der Waals surface area contributed by atoms with Crippen molar-refractivity contribution in [3.8, 4) is 0 Å². The minimum atomic E-state index is -0.145. The first kappa shape index (κ1) is 35.5. The monoisotopic (exact) mass is 676 g/mol. The molecule has 2 N–H and O–H groups in total. The van der Waals surface area contributed by atoms with Gasteiger partial charge >= 0.3 is 11.9 Å². The van der Waals surface area contributed by atoms with Crippen LogP contribution in [0.15, 0.2) is 34.9 Å². The van der Waals surface area contributed by atoms with E-state index in [-0.39, 0.29) is 51.7 Å². The van der Waals surface area contributed by atoms with Gasteiger partial charge in [-0.05, 0) is 155 Å². The van der Waals surface area contributed by atoms with Crippen molar-refractivity contribution in [2.24, 2.45) is 63.1 Å². The molecule has 0 heterocycles. The number of aliphatic hydroxyl groups excluding tert-OH is 2. The van der Waals surface area contributed by atoms with Gasteiger partial charge in [-0.3, -0.25) is 4.79 Å². The van der Waals surface area contributed by atoms with Crippen LogP contribution >= 0.6 is 0 Å². The number of methoxy groups -OCH3 is 1. The lowest BCUT2D eigenvalue weighted by Gasteiger charge is -2.57. The minimum Gasteiger partial charge on any atom is -0.469 e. The molecule has 0 spiro atoms. The smallest absolute Gasteiger partial charge is 0.334 e. The van der Waals surface area contributed by atoms with Crippen molar-refractivity contribution in [1.29, 1.82) is 0 Å². The maximum absolute atomic E-state index is 12.5. The summed E-state index contributed by atoms with van der Waals surface area (Å²) in [5.41, 5.74) is 4.63.